The first-order valence-corrected chi connectivity index (χ1v) is 5.53. The van der Waals surface area contributed by atoms with Crippen LogP contribution in [0.2, 0.25) is 0 Å². The average molecular weight is 193 g/mol. The quantitative estimate of drug-likeness (QED) is 0.744. The number of hydrogen-bond donors (Lipinski definition) is 1. The molecule has 70 valence electrons. The van der Waals surface area contributed by atoms with Gasteiger partial charge in [0, 0.05) is 4.90 Å². The summed E-state index contributed by atoms with van der Waals surface area (Å²) in [5.41, 5.74) is 7.99. The van der Waals surface area contributed by atoms with Crippen LogP contribution >= 0.6 is 11.8 Å². The Hall–Kier alpha value is -0.730. The van der Waals surface area contributed by atoms with Crippen LogP contribution in [0.15, 0.2) is 29.7 Å². The van der Waals surface area contributed by atoms with Crippen molar-refractivity contribution in [1.29, 1.82) is 0 Å². The third-order valence-electron chi connectivity index (χ3n) is 1.95. The molecule has 0 saturated heterocycles. The Morgan fingerprint density at radius 3 is 2.85 bits per heavy atom. The lowest BCUT2D eigenvalue weighted by Gasteiger charge is -2.05. The van der Waals surface area contributed by atoms with E-state index in [4.69, 9.17) is 5.73 Å². The van der Waals surface area contributed by atoms with Crippen molar-refractivity contribution in [2.75, 3.05) is 12.8 Å². The number of hydrogen-bond acceptors (Lipinski definition) is 2. The molecule has 1 aromatic carbocycles. The summed E-state index contributed by atoms with van der Waals surface area (Å²) in [6.45, 7) is 4.50. The van der Waals surface area contributed by atoms with E-state index in [0.717, 1.165) is 6.42 Å². The number of benzene rings is 1. The molecule has 0 spiro atoms. The van der Waals surface area contributed by atoms with Crippen LogP contribution < -0.4 is 5.73 Å². The maximum Gasteiger partial charge on any atom is 0.0142 e. The van der Waals surface area contributed by atoms with Crippen LogP contribution in [0.4, 0.5) is 0 Å². The van der Waals surface area contributed by atoms with Crippen LogP contribution in [0.3, 0.4) is 0 Å². The summed E-state index contributed by atoms with van der Waals surface area (Å²) in [6.07, 6.45) is 4.91. The van der Waals surface area contributed by atoms with Crippen molar-refractivity contribution in [2.24, 2.45) is 5.73 Å². The molecule has 0 aliphatic heterocycles. The maximum absolute atomic E-state index is 5.49. The molecule has 0 radical (unpaired) electrons. The molecule has 0 atom stereocenters. The minimum atomic E-state index is 0.704. The molecule has 0 aliphatic rings. The fourth-order valence-corrected chi connectivity index (χ4v) is 1.85. The zero-order chi connectivity index (χ0) is 9.68. The van der Waals surface area contributed by atoms with E-state index in [9.17, 15) is 0 Å². The van der Waals surface area contributed by atoms with Gasteiger partial charge in [-0.25, -0.2) is 0 Å². The zero-order valence-electron chi connectivity index (χ0n) is 7.92. The molecular formula is C11H15NS. The molecule has 0 aromatic heterocycles. The molecule has 13 heavy (non-hydrogen) atoms. The van der Waals surface area contributed by atoms with Crippen LogP contribution in [-0.2, 0) is 6.42 Å². The second-order valence-electron chi connectivity index (χ2n) is 2.82. The number of nitrogens with two attached hydrogens (primary N) is 1. The summed E-state index contributed by atoms with van der Waals surface area (Å²) >= 11 is 1.74. The lowest BCUT2D eigenvalue weighted by Crippen LogP contribution is -2.02. The number of thioether (sulfide) groups is 1. The van der Waals surface area contributed by atoms with Crippen LogP contribution in [-0.4, -0.2) is 12.8 Å². The summed E-state index contributed by atoms with van der Waals surface area (Å²) in [5, 5.41) is 0. The third-order valence-corrected chi connectivity index (χ3v) is 2.76. The molecule has 0 saturated carbocycles. The molecule has 0 unspecified atom stereocenters. The van der Waals surface area contributed by atoms with Gasteiger partial charge in [0.05, 0.1) is 0 Å². The van der Waals surface area contributed by atoms with Crippen LogP contribution in [0, 0.1) is 0 Å². The molecule has 0 heterocycles. The van der Waals surface area contributed by atoms with E-state index in [1.165, 1.54) is 16.0 Å². The van der Waals surface area contributed by atoms with Gasteiger partial charge in [-0.05, 0) is 36.4 Å². The van der Waals surface area contributed by atoms with E-state index in [-0.39, 0.29) is 0 Å². The lowest BCUT2D eigenvalue weighted by molar-refractivity contribution is 0.966. The largest absolute Gasteiger partial charge is 0.330 e. The fraction of sp³-hybridized carbons (Fsp3) is 0.273. The molecule has 0 amide bonds. The first kappa shape index (κ1) is 10.4. The molecule has 0 fully saturated rings. The number of rotatable bonds is 4. The van der Waals surface area contributed by atoms with Gasteiger partial charge in [0.15, 0.2) is 0 Å². The maximum atomic E-state index is 5.49. The van der Waals surface area contributed by atoms with Gasteiger partial charge in [0.25, 0.3) is 0 Å². The highest BCUT2D eigenvalue weighted by Gasteiger charge is 1.99. The standard InChI is InChI=1S/C11H15NS/c1-3-10-8-9(6-7-12)4-5-11(10)13-2/h3-5,8H,1,6-7,12H2,2H3. The monoisotopic (exact) mass is 193 g/mol. The van der Waals surface area contributed by atoms with Crippen molar-refractivity contribution >= 4 is 17.8 Å². The van der Waals surface area contributed by atoms with Crippen LogP contribution in [0.5, 0.6) is 0 Å². The van der Waals surface area contributed by atoms with Crippen molar-refractivity contribution in [1.82, 2.24) is 0 Å². The highest BCUT2D eigenvalue weighted by molar-refractivity contribution is 7.98. The van der Waals surface area contributed by atoms with Crippen molar-refractivity contribution in [3.05, 3.63) is 35.9 Å². The van der Waals surface area contributed by atoms with Crippen LogP contribution in [0.1, 0.15) is 11.1 Å². The smallest absolute Gasteiger partial charge is 0.0142 e. The van der Waals surface area contributed by atoms with Crippen LogP contribution in [0.25, 0.3) is 6.08 Å². The second kappa shape index (κ2) is 5.10. The first-order chi connectivity index (χ1) is 6.31. The van der Waals surface area contributed by atoms with Crippen molar-refractivity contribution < 1.29 is 0 Å². The van der Waals surface area contributed by atoms with Crippen molar-refractivity contribution in [3.8, 4) is 0 Å². The van der Waals surface area contributed by atoms with E-state index in [2.05, 4.69) is 31.0 Å². The molecular weight excluding hydrogens is 178 g/mol. The predicted molar refractivity (Wildman–Crippen MR) is 61.1 cm³/mol. The SMILES string of the molecule is C=Cc1cc(CCN)ccc1SC. The van der Waals surface area contributed by atoms with Gasteiger partial charge in [-0.15, -0.1) is 11.8 Å². The Morgan fingerprint density at radius 1 is 1.54 bits per heavy atom. The molecule has 0 aliphatic carbocycles. The Bertz CT molecular complexity index is 294. The Balaban J connectivity index is 2.98. The summed E-state index contributed by atoms with van der Waals surface area (Å²) in [5.74, 6) is 0. The molecule has 1 aromatic rings. The molecule has 0 bridgehead atoms. The van der Waals surface area contributed by atoms with E-state index in [1.54, 1.807) is 11.8 Å². The minimum absolute atomic E-state index is 0.704. The van der Waals surface area contributed by atoms with Gasteiger partial charge in [-0.1, -0.05) is 24.8 Å². The zero-order valence-corrected chi connectivity index (χ0v) is 8.73. The van der Waals surface area contributed by atoms with Crippen molar-refractivity contribution in [2.45, 2.75) is 11.3 Å². The van der Waals surface area contributed by atoms with Crippen molar-refractivity contribution in [3.63, 3.8) is 0 Å². The minimum Gasteiger partial charge on any atom is -0.330 e. The lowest BCUT2D eigenvalue weighted by atomic mass is 10.1. The summed E-state index contributed by atoms with van der Waals surface area (Å²) < 4.78 is 0. The molecule has 2 heteroatoms. The second-order valence-corrected chi connectivity index (χ2v) is 3.67. The topological polar surface area (TPSA) is 26.0 Å². The summed E-state index contributed by atoms with van der Waals surface area (Å²) in [6, 6.07) is 6.42. The highest BCUT2D eigenvalue weighted by atomic mass is 32.2. The average Bonchev–Trinajstić information content (AvgIpc) is 2.18. The van der Waals surface area contributed by atoms with Gasteiger partial charge >= 0.3 is 0 Å². The van der Waals surface area contributed by atoms with E-state index >= 15 is 0 Å². The fourth-order valence-electron chi connectivity index (χ4n) is 1.27. The Labute approximate surface area is 84.0 Å². The highest BCUT2D eigenvalue weighted by Crippen LogP contribution is 2.22. The Morgan fingerprint density at radius 2 is 2.31 bits per heavy atom. The molecule has 1 rings (SSSR count). The third kappa shape index (κ3) is 2.61. The van der Waals surface area contributed by atoms with E-state index < -0.39 is 0 Å². The normalized spacial score (nSPS) is 10.0. The Kier molecular flexibility index (Phi) is 4.06. The summed E-state index contributed by atoms with van der Waals surface area (Å²) in [7, 11) is 0. The van der Waals surface area contributed by atoms with Gasteiger partial charge < -0.3 is 5.73 Å². The predicted octanol–water partition coefficient (Wildman–Crippen LogP) is 2.55. The van der Waals surface area contributed by atoms with Gasteiger partial charge in [-0.3, -0.25) is 0 Å². The van der Waals surface area contributed by atoms with Gasteiger partial charge in [0.2, 0.25) is 0 Å². The molecule has 1 nitrogen and oxygen atoms in total. The van der Waals surface area contributed by atoms with E-state index in [0.29, 0.717) is 6.54 Å². The van der Waals surface area contributed by atoms with Gasteiger partial charge in [-0.2, -0.15) is 0 Å². The molecule has 2 N–H and O–H groups in total. The first-order valence-electron chi connectivity index (χ1n) is 4.31. The van der Waals surface area contributed by atoms with E-state index in [1.807, 2.05) is 6.08 Å². The summed E-state index contributed by atoms with van der Waals surface area (Å²) in [4.78, 5) is 1.27. The van der Waals surface area contributed by atoms with Gasteiger partial charge in [0.1, 0.15) is 0 Å².